The van der Waals surface area contributed by atoms with Crippen LogP contribution in [0.25, 0.3) is 9.88 Å². The monoisotopic (exact) mass is 393 g/mol. The summed E-state index contributed by atoms with van der Waals surface area (Å²) in [5.41, 5.74) is 0.881. The minimum atomic E-state index is 0. The third kappa shape index (κ3) is 4.67. The molecule has 2 aromatic heterocycles. The number of hydrogen-bond donors (Lipinski definition) is 1. The molecule has 2 atom stereocenters. The maximum absolute atomic E-state index is 12.5. The summed E-state index contributed by atoms with van der Waals surface area (Å²) >= 11 is 3.29. The van der Waals surface area contributed by atoms with Crippen LogP contribution in [0.15, 0.2) is 22.9 Å². The van der Waals surface area contributed by atoms with Crippen molar-refractivity contribution in [2.45, 2.75) is 32.4 Å². The molecule has 1 amide bonds. The molecule has 1 aliphatic heterocycles. The molecule has 2 unspecified atom stereocenters. The highest BCUT2D eigenvalue weighted by Gasteiger charge is 2.28. The second kappa shape index (κ2) is 8.99. The van der Waals surface area contributed by atoms with E-state index in [1.165, 1.54) is 4.88 Å². The van der Waals surface area contributed by atoms with E-state index in [1.54, 1.807) is 22.7 Å². The molecule has 0 spiro atoms. The van der Waals surface area contributed by atoms with Crippen molar-refractivity contribution < 1.29 is 4.79 Å². The lowest BCUT2D eigenvalue weighted by Gasteiger charge is -2.38. The van der Waals surface area contributed by atoms with Gasteiger partial charge in [0.1, 0.15) is 5.01 Å². The predicted octanol–water partition coefficient (Wildman–Crippen LogP) is 3.47. The predicted molar refractivity (Wildman–Crippen MR) is 102 cm³/mol. The molecule has 23 heavy (non-hydrogen) atoms. The van der Waals surface area contributed by atoms with Crippen molar-refractivity contribution >= 4 is 53.4 Å². The number of hydrogen-bond acceptors (Lipinski definition) is 5. The smallest absolute Gasteiger partial charge is 0.228 e. The van der Waals surface area contributed by atoms with E-state index in [1.807, 2.05) is 21.7 Å². The van der Waals surface area contributed by atoms with Gasteiger partial charge in [-0.1, -0.05) is 6.07 Å². The molecule has 1 aliphatic rings. The van der Waals surface area contributed by atoms with Crippen molar-refractivity contribution in [3.05, 3.63) is 28.6 Å². The number of piperazine rings is 1. The SMILES string of the molecule is CC1NCCN(C(=O)Cc2csc(-c3cccs3)n2)C1C.Cl.Cl. The fraction of sp³-hybridized carbons (Fsp3) is 0.467. The van der Waals surface area contributed by atoms with E-state index < -0.39 is 0 Å². The number of carbonyl (C=O) groups excluding carboxylic acids is 1. The second-order valence-corrected chi connectivity index (χ2v) is 7.17. The zero-order chi connectivity index (χ0) is 14.8. The zero-order valence-electron chi connectivity index (χ0n) is 13.0. The van der Waals surface area contributed by atoms with Crippen LogP contribution < -0.4 is 5.32 Å². The molecule has 8 heteroatoms. The Bertz CT molecular complexity index is 618. The zero-order valence-corrected chi connectivity index (χ0v) is 16.3. The van der Waals surface area contributed by atoms with E-state index >= 15 is 0 Å². The Morgan fingerprint density at radius 2 is 2.17 bits per heavy atom. The average molecular weight is 394 g/mol. The first-order chi connectivity index (χ1) is 10.1. The van der Waals surface area contributed by atoms with Crippen molar-refractivity contribution in [1.29, 1.82) is 0 Å². The van der Waals surface area contributed by atoms with Gasteiger partial charge in [0.05, 0.1) is 17.0 Å². The summed E-state index contributed by atoms with van der Waals surface area (Å²) in [5.74, 6) is 0.180. The lowest BCUT2D eigenvalue weighted by Crippen LogP contribution is -2.57. The van der Waals surface area contributed by atoms with Gasteiger partial charge >= 0.3 is 0 Å². The first kappa shape index (κ1) is 20.4. The highest BCUT2D eigenvalue weighted by Crippen LogP contribution is 2.28. The lowest BCUT2D eigenvalue weighted by atomic mass is 10.1. The molecule has 1 saturated heterocycles. The average Bonchev–Trinajstić information content (AvgIpc) is 3.12. The van der Waals surface area contributed by atoms with E-state index in [0.29, 0.717) is 12.5 Å². The largest absolute Gasteiger partial charge is 0.337 e. The number of aromatic nitrogens is 1. The molecular weight excluding hydrogens is 373 g/mol. The molecule has 128 valence electrons. The quantitative estimate of drug-likeness (QED) is 0.867. The lowest BCUT2D eigenvalue weighted by molar-refractivity contribution is -0.134. The fourth-order valence-corrected chi connectivity index (χ4v) is 4.20. The Balaban J connectivity index is 0.00000132. The van der Waals surface area contributed by atoms with Crippen molar-refractivity contribution in [2.75, 3.05) is 13.1 Å². The standard InChI is InChI=1S/C15H19N3OS2.2ClH/c1-10-11(2)18(6-5-16-10)14(19)8-12-9-21-15(17-12)13-4-3-7-20-13;;/h3-4,7,9-11,16H,5-6,8H2,1-2H3;2*1H. The van der Waals surface area contributed by atoms with Crippen LogP contribution in [0.3, 0.4) is 0 Å². The normalized spacial score (nSPS) is 20.5. The number of halogens is 2. The maximum Gasteiger partial charge on any atom is 0.228 e. The van der Waals surface area contributed by atoms with E-state index in [-0.39, 0.29) is 36.8 Å². The Labute approximate surface area is 157 Å². The highest BCUT2D eigenvalue weighted by molar-refractivity contribution is 7.20. The Morgan fingerprint density at radius 1 is 1.39 bits per heavy atom. The third-order valence-corrected chi connectivity index (χ3v) is 5.90. The number of nitrogens with zero attached hydrogens (tertiary/aromatic N) is 2. The van der Waals surface area contributed by atoms with Crippen LogP contribution in [0.5, 0.6) is 0 Å². The Kier molecular flexibility index (Phi) is 7.97. The second-order valence-electron chi connectivity index (χ2n) is 5.37. The summed E-state index contributed by atoms with van der Waals surface area (Å²) in [7, 11) is 0. The summed E-state index contributed by atoms with van der Waals surface area (Å²) in [4.78, 5) is 20.2. The molecule has 2 aromatic rings. The minimum absolute atomic E-state index is 0. The summed E-state index contributed by atoms with van der Waals surface area (Å²) in [5, 5.41) is 8.46. The van der Waals surface area contributed by atoms with Crippen LogP contribution in [-0.4, -0.2) is 41.0 Å². The number of carbonyl (C=O) groups is 1. The maximum atomic E-state index is 12.5. The fourth-order valence-electron chi connectivity index (χ4n) is 2.57. The molecule has 0 aromatic carbocycles. The van der Waals surface area contributed by atoms with Gasteiger partial charge in [0.15, 0.2) is 0 Å². The van der Waals surface area contributed by atoms with Gasteiger partial charge < -0.3 is 10.2 Å². The molecule has 3 heterocycles. The van der Waals surface area contributed by atoms with Crippen molar-refractivity contribution in [3.8, 4) is 9.88 Å². The van der Waals surface area contributed by atoms with E-state index in [0.717, 1.165) is 23.8 Å². The highest BCUT2D eigenvalue weighted by atomic mass is 35.5. The minimum Gasteiger partial charge on any atom is -0.337 e. The first-order valence-corrected chi connectivity index (χ1v) is 8.92. The molecule has 0 saturated carbocycles. The van der Waals surface area contributed by atoms with Crippen LogP contribution >= 0.6 is 47.5 Å². The van der Waals surface area contributed by atoms with Gasteiger partial charge in [0.25, 0.3) is 0 Å². The van der Waals surface area contributed by atoms with Gasteiger partial charge in [-0.15, -0.1) is 47.5 Å². The van der Waals surface area contributed by atoms with Gasteiger partial charge in [-0.25, -0.2) is 4.98 Å². The first-order valence-electron chi connectivity index (χ1n) is 7.16. The third-order valence-electron chi connectivity index (χ3n) is 3.97. The number of thiophene rings is 1. The Morgan fingerprint density at radius 3 is 2.87 bits per heavy atom. The van der Waals surface area contributed by atoms with Gasteiger partial charge in [0, 0.05) is 30.6 Å². The van der Waals surface area contributed by atoms with Gasteiger partial charge in [-0.3, -0.25) is 4.79 Å². The molecular formula is C15H21Cl2N3OS2. The van der Waals surface area contributed by atoms with Crippen molar-refractivity contribution in [3.63, 3.8) is 0 Å². The van der Waals surface area contributed by atoms with Gasteiger partial charge in [-0.2, -0.15) is 0 Å². The summed E-state index contributed by atoms with van der Waals surface area (Å²) in [6.45, 7) is 5.88. The number of thiazole rings is 1. The summed E-state index contributed by atoms with van der Waals surface area (Å²) < 4.78 is 0. The molecule has 0 aliphatic carbocycles. The summed E-state index contributed by atoms with van der Waals surface area (Å²) in [6, 6.07) is 4.67. The Hall–Kier alpha value is -0.660. The molecule has 3 rings (SSSR count). The number of rotatable bonds is 3. The van der Waals surface area contributed by atoms with Crippen LogP contribution in [0.2, 0.25) is 0 Å². The van der Waals surface area contributed by atoms with E-state index in [4.69, 9.17) is 0 Å². The van der Waals surface area contributed by atoms with E-state index in [9.17, 15) is 4.79 Å². The summed E-state index contributed by atoms with van der Waals surface area (Å²) in [6.07, 6.45) is 0.402. The van der Waals surface area contributed by atoms with Crippen molar-refractivity contribution in [1.82, 2.24) is 15.2 Å². The molecule has 1 fully saturated rings. The number of nitrogens with one attached hydrogen (secondary N) is 1. The van der Waals surface area contributed by atoms with Gasteiger partial charge in [0.2, 0.25) is 5.91 Å². The van der Waals surface area contributed by atoms with Gasteiger partial charge in [-0.05, 0) is 25.3 Å². The van der Waals surface area contributed by atoms with Crippen LogP contribution in [0.4, 0.5) is 0 Å². The topological polar surface area (TPSA) is 45.2 Å². The van der Waals surface area contributed by atoms with Crippen molar-refractivity contribution in [2.24, 2.45) is 0 Å². The van der Waals surface area contributed by atoms with Crippen LogP contribution in [0, 0.1) is 0 Å². The molecule has 0 radical (unpaired) electrons. The van der Waals surface area contributed by atoms with Crippen LogP contribution in [-0.2, 0) is 11.2 Å². The van der Waals surface area contributed by atoms with E-state index in [2.05, 4.69) is 30.2 Å². The number of amides is 1. The van der Waals surface area contributed by atoms with Crippen LogP contribution in [0.1, 0.15) is 19.5 Å². The molecule has 0 bridgehead atoms. The molecule has 1 N–H and O–H groups in total. The molecule has 4 nitrogen and oxygen atoms in total.